The number of carbonyl (C=O) groups is 1. The van der Waals surface area contributed by atoms with E-state index >= 15 is 0 Å². The van der Waals surface area contributed by atoms with E-state index in [-0.39, 0.29) is 12.4 Å². The summed E-state index contributed by atoms with van der Waals surface area (Å²) < 4.78 is 0. The molecule has 2 aromatic carbocycles. The molecule has 94 valence electrons. The molecular weight excluding hydrogens is 238 g/mol. The van der Waals surface area contributed by atoms with Crippen LogP contribution in [-0.4, -0.2) is 10.9 Å². The van der Waals surface area contributed by atoms with E-state index in [4.69, 9.17) is 5.26 Å². The summed E-state index contributed by atoms with van der Waals surface area (Å²) >= 11 is 0. The molecule has 0 saturated carbocycles. The molecule has 0 aliphatic carbocycles. The Balaban J connectivity index is 2.48. The number of aliphatic hydroxyl groups excluding tert-OH is 1. The predicted octanol–water partition coefficient (Wildman–Crippen LogP) is 2.92. The molecule has 2 aromatic rings. The SMILES string of the molecule is CC(=O)c1cc(-c2ccc(C#N)cc2)ccc1CO. The van der Waals surface area contributed by atoms with Gasteiger partial charge < -0.3 is 5.11 Å². The number of nitrogens with zero attached hydrogens (tertiary/aromatic N) is 1. The largest absolute Gasteiger partial charge is 0.392 e. The van der Waals surface area contributed by atoms with Crippen molar-refractivity contribution >= 4 is 5.78 Å². The summed E-state index contributed by atoms with van der Waals surface area (Å²) in [5.41, 5.74) is 3.59. The van der Waals surface area contributed by atoms with Crippen LogP contribution in [0.5, 0.6) is 0 Å². The summed E-state index contributed by atoms with van der Waals surface area (Å²) in [5.74, 6) is -0.0699. The fraction of sp³-hybridized carbons (Fsp3) is 0.125. The number of Topliss-reactive ketones (excluding diaryl/α,β-unsaturated/α-hetero) is 1. The summed E-state index contributed by atoms with van der Waals surface area (Å²) in [5, 5.41) is 18.0. The fourth-order valence-corrected chi connectivity index (χ4v) is 1.96. The molecule has 0 bridgehead atoms. The molecule has 0 heterocycles. The number of rotatable bonds is 3. The lowest BCUT2D eigenvalue weighted by Crippen LogP contribution is -2.00. The van der Waals surface area contributed by atoms with E-state index in [1.807, 2.05) is 18.2 Å². The van der Waals surface area contributed by atoms with Crippen LogP contribution in [-0.2, 0) is 6.61 Å². The molecule has 2 rings (SSSR count). The van der Waals surface area contributed by atoms with Crippen molar-refractivity contribution in [1.29, 1.82) is 5.26 Å². The van der Waals surface area contributed by atoms with Gasteiger partial charge in [0.05, 0.1) is 18.2 Å². The van der Waals surface area contributed by atoms with Crippen LogP contribution in [0.25, 0.3) is 11.1 Å². The lowest BCUT2D eigenvalue weighted by atomic mass is 9.97. The summed E-state index contributed by atoms with van der Waals surface area (Å²) in [6.07, 6.45) is 0. The van der Waals surface area contributed by atoms with Crippen molar-refractivity contribution in [3.63, 3.8) is 0 Å². The maximum atomic E-state index is 11.6. The second-order valence-corrected chi connectivity index (χ2v) is 4.28. The molecule has 3 heteroatoms. The Hall–Kier alpha value is -2.44. The van der Waals surface area contributed by atoms with Crippen molar-refractivity contribution in [1.82, 2.24) is 0 Å². The Morgan fingerprint density at radius 3 is 2.32 bits per heavy atom. The van der Waals surface area contributed by atoms with Gasteiger partial charge in [-0.05, 0) is 41.8 Å². The predicted molar refractivity (Wildman–Crippen MR) is 72.5 cm³/mol. The van der Waals surface area contributed by atoms with Gasteiger partial charge in [-0.1, -0.05) is 24.3 Å². The lowest BCUT2D eigenvalue weighted by molar-refractivity contribution is 0.101. The van der Waals surface area contributed by atoms with Gasteiger partial charge in [-0.25, -0.2) is 0 Å². The highest BCUT2D eigenvalue weighted by atomic mass is 16.3. The third-order valence-corrected chi connectivity index (χ3v) is 3.01. The minimum absolute atomic E-state index is 0.0699. The van der Waals surface area contributed by atoms with Crippen molar-refractivity contribution in [2.45, 2.75) is 13.5 Å². The highest BCUT2D eigenvalue weighted by molar-refractivity contribution is 5.96. The van der Waals surface area contributed by atoms with E-state index in [2.05, 4.69) is 6.07 Å². The standard InChI is InChI=1S/C16H13NO2/c1-11(19)16-8-14(6-7-15(16)10-18)13-4-2-12(9-17)3-5-13/h2-8,18H,10H2,1H3. The summed E-state index contributed by atoms with van der Waals surface area (Å²) in [7, 11) is 0. The van der Waals surface area contributed by atoms with Gasteiger partial charge in [-0.3, -0.25) is 4.79 Å². The highest BCUT2D eigenvalue weighted by Gasteiger charge is 2.08. The third-order valence-electron chi connectivity index (χ3n) is 3.01. The minimum Gasteiger partial charge on any atom is -0.392 e. The minimum atomic E-state index is -0.150. The molecule has 0 radical (unpaired) electrons. The van der Waals surface area contributed by atoms with E-state index in [1.54, 1.807) is 24.3 Å². The van der Waals surface area contributed by atoms with Gasteiger partial charge in [0.2, 0.25) is 0 Å². The number of benzene rings is 2. The van der Waals surface area contributed by atoms with E-state index in [9.17, 15) is 9.90 Å². The van der Waals surface area contributed by atoms with Crippen LogP contribution in [0, 0.1) is 11.3 Å². The number of carbonyl (C=O) groups excluding carboxylic acids is 1. The average molecular weight is 251 g/mol. The van der Waals surface area contributed by atoms with E-state index < -0.39 is 0 Å². The molecule has 0 aromatic heterocycles. The van der Waals surface area contributed by atoms with Crippen molar-refractivity contribution in [3.05, 3.63) is 59.2 Å². The van der Waals surface area contributed by atoms with Crippen molar-refractivity contribution < 1.29 is 9.90 Å². The van der Waals surface area contributed by atoms with Gasteiger partial charge in [-0.2, -0.15) is 5.26 Å². The zero-order chi connectivity index (χ0) is 13.8. The van der Waals surface area contributed by atoms with Gasteiger partial charge in [-0.15, -0.1) is 0 Å². The summed E-state index contributed by atoms with van der Waals surface area (Å²) in [6.45, 7) is 1.33. The van der Waals surface area contributed by atoms with Gasteiger partial charge in [0.1, 0.15) is 0 Å². The molecule has 0 amide bonds. The number of ketones is 1. The normalized spacial score (nSPS) is 9.95. The third kappa shape index (κ3) is 2.70. The molecule has 0 saturated heterocycles. The van der Waals surface area contributed by atoms with Crippen LogP contribution >= 0.6 is 0 Å². The number of hydrogen-bond donors (Lipinski definition) is 1. The molecule has 0 unspecified atom stereocenters. The second-order valence-electron chi connectivity index (χ2n) is 4.28. The van der Waals surface area contributed by atoms with Crippen LogP contribution in [0.3, 0.4) is 0 Å². The summed E-state index contributed by atoms with van der Waals surface area (Å²) in [6, 6.07) is 14.6. The zero-order valence-electron chi connectivity index (χ0n) is 10.6. The average Bonchev–Trinajstić information content (AvgIpc) is 2.46. The van der Waals surface area contributed by atoms with Crippen molar-refractivity contribution in [2.75, 3.05) is 0 Å². The van der Waals surface area contributed by atoms with Crippen LogP contribution in [0.2, 0.25) is 0 Å². The maximum Gasteiger partial charge on any atom is 0.160 e. The number of nitriles is 1. The zero-order valence-corrected chi connectivity index (χ0v) is 10.6. The first-order valence-corrected chi connectivity index (χ1v) is 5.91. The first-order valence-electron chi connectivity index (χ1n) is 5.91. The molecule has 1 N–H and O–H groups in total. The van der Waals surface area contributed by atoms with Crippen LogP contribution < -0.4 is 0 Å². The molecule has 19 heavy (non-hydrogen) atoms. The highest BCUT2D eigenvalue weighted by Crippen LogP contribution is 2.23. The molecule has 0 aliphatic heterocycles. The molecule has 0 aliphatic rings. The Bertz CT molecular complexity index is 651. The quantitative estimate of drug-likeness (QED) is 0.853. The van der Waals surface area contributed by atoms with Gasteiger partial charge >= 0.3 is 0 Å². The second kappa shape index (κ2) is 5.47. The Morgan fingerprint density at radius 2 is 1.79 bits per heavy atom. The van der Waals surface area contributed by atoms with Gasteiger partial charge in [0.25, 0.3) is 0 Å². The number of hydrogen-bond acceptors (Lipinski definition) is 3. The Kier molecular flexibility index (Phi) is 3.74. The van der Waals surface area contributed by atoms with Gasteiger partial charge in [0.15, 0.2) is 5.78 Å². The first kappa shape index (κ1) is 13.0. The molecular formula is C16H13NO2. The molecule has 0 spiro atoms. The van der Waals surface area contributed by atoms with Crippen molar-refractivity contribution in [2.24, 2.45) is 0 Å². The van der Waals surface area contributed by atoms with Gasteiger partial charge in [0, 0.05) is 5.56 Å². The topological polar surface area (TPSA) is 61.1 Å². The maximum absolute atomic E-state index is 11.6. The van der Waals surface area contributed by atoms with E-state index in [0.29, 0.717) is 16.7 Å². The Morgan fingerprint density at radius 1 is 1.16 bits per heavy atom. The molecule has 0 atom stereocenters. The molecule has 3 nitrogen and oxygen atoms in total. The number of aliphatic hydroxyl groups is 1. The van der Waals surface area contributed by atoms with Crippen LogP contribution in [0.1, 0.15) is 28.4 Å². The lowest BCUT2D eigenvalue weighted by Gasteiger charge is -2.08. The molecule has 0 fully saturated rings. The van der Waals surface area contributed by atoms with Crippen LogP contribution in [0.15, 0.2) is 42.5 Å². The Labute approximate surface area is 111 Å². The first-order chi connectivity index (χ1) is 9.15. The van der Waals surface area contributed by atoms with E-state index in [0.717, 1.165) is 11.1 Å². The smallest absolute Gasteiger partial charge is 0.160 e. The van der Waals surface area contributed by atoms with Crippen LogP contribution in [0.4, 0.5) is 0 Å². The monoisotopic (exact) mass is 251 g/mol. The van der Waals surface area contributed by atoms with Crippen molar-refractivity contribution in [3.8, 4) is 17.2 Å². The fourth-order valence-electron chi connectivity index (χ4n) is 1.96. The summed E-state index contributed by atoms with van der Waals surface area (Å²) in [4.78, 5) is 11.6. The van der Waals surface area contributed by atoms with E-state index in [1.165, 1.54) is 6.92 Å².